The van der Waals surface area contributed by atoms with Gasteiger partial charge in [0, 0.05) is 28.1 Å². The number of sulfonamides is 1. The minimum absolute atomic E-state index is 0.0408. The summed E-state index contributed by atoms with van der Waals surface area (Å²) in [7, 11) is -3.19. The van der Waals surface area contributed by atoms with Crippen molar-refractivity contribution in [2.75, 3.05) is 19.3 Å². The first-order chi connectivity index (χ1) is 9.76. The number of carbonyl (C=O) groups is 1. The number of rotatable bonds is 3. The number of nitrogens with one attached hydrogen (secondary N) is 1. The third-order valence-electron chi connectivity index (χ3n) is 3.32. The van der Waals surface area contributed by atoms with Crippen LogP contribution in [0.2, 0.25) is 0 Å². The molecule has 1 saturated heterocycles. The van der Waals surface area contributed by atoms with Gasteiger partial charge >= 0.3 is 0 Å². The number of piperidine rings is 1. The maximum atomic E-state index is 12.5. The highest BCUT2D eigenvalue weighted by Gasteiger charge is 2.26. The zero-order valence-corrected chi connectivity index (χ0v) is 15.5. The van der Waals surface area contributed by atoms with Crippen molar-refractivity contribution < 1.29 is 13.2 Å². The Morgan fingerprint density at radius 3 is 2.48 bits per heavy atom. The van der Waals surface area contributed by atoms with Gasteiger partial charge < -0.3 is 4.90 Å². The van der Waals surface area contributed by atoms with Crippen LogP contribution in [0.4, 0.5) is 0 Å². The lowest BCUT2D eigenvalue weighted by Crippen LogP contribution is -2.46. The Morgan fingerprint density at radius 2 is 1.90 bits per heavy atom. The predicted molar refractivity (Wildman–Crippen MR) is 88.7 cm³/mol. The molecule has 0 spiro atoms. The Hall–Kier alpha value is -0.440. The Balaban J connectivity index is 2.02. The molecule has 5 nitrogen and oxygen atoms in total. The summed E-state index contributed by atoms with van der Waals surface area (Å²) in [6, 6.07) is 5.39. The highest BCUT2D eigenvalue weighted by atomic mass is 79.9. The summed E-state index contributed by atoms with van der Waals surface area (Å²) in [6.45, 7) is 1.09. The first kappa shape index (κ1) is 16.9. The highest BCUT2D eigenvalue weighted by Crippen LogP contribution is 2.24. The summed E-state index contributed by atoms with van der Waals surface area (Å²) >= 11 is 6.75. The van der Waals surface area contributed by atoms with Crippen LogP contribution < -0.4 is 4.72 Å². The minimum atomic E-state index is -3.19. The number of nitrogens with zero attached hydrogens (tertiary/aromatic N) is 1. The third-order valence-corrected chi connectivity index (χ3v) is 5.27. The van der Waals surface area contributed by atoms with Crippen molar-refractivity contribution in [1.82, 2.24) is 9.62 Å². The van der Waals surface area contributed by atoms with Crippen LogP contribution in [0, 0.1) is 0 Å². The molecule has 0 aliphatic carbocycles. The van der Waals surface area contributed by atoms with Gasteiger partial charge in [0.15, 0.2) is 0 Å². The normalized spacial score (nSPS) is 17.0. The van der Waals surface area contributed by atoms with Crippen molar-refractivity contribution in [2.24, 2.45) is 0 Å². The molecule has 1 aliphatic heterocycles. The molecule has 0 saturated carbocycles. The fraction of sp³-hybridized carbons (Fsp3) is 0.462. The van der Waals surface area contributed by atoms with Crippen molar-refractivity contribution in [1.29, 1.82) is 0 Å². The topological polar surface area (TPSA) is 66.5 Å². The van der Waals surface area contributed by atoms with Crippen molar-refractivity contribution in [3.05, 3.63) is 32.7 Å². The SMILES string of the molecule is CS(=O)(=O)NC1CCN(C(=O)c2cc(Br)ccc2Br)CC1. The van der Waals surface area contributed by atoms with Gasteiger partial charge in [-0.25, -0.2) is 13.1 Å². The maximum absolute atomic E-state index is 12.5. The van der Waals surface area contributed by atoms with Gasteiger partial charge in [-0.15, -0.1) is 0 Å². The van der Waals surface area contributed by atoms with Gasteiger partial charge in [-0.05, 0) is 47.0 Å². The molecule has 21 heavy (non-hydrogen) atoms. The van der Waals surface area contributed by atoms with Gasteiger partial charge in [-0.2, -0.15) is 0 Å². The zero-order chi connectivity index (χ0) is 15.6. The van der Waals surface area contributed by atoms with E-state index in [9.17, 15) is 13.2 Å². The molecule has 1 aromatic carbocycles. The highest BCUT2D eigenvalue weighted by molar-refractivity contribution is 9.11. The van der Waals surface area contributed by atoms with Gasteiger partial charge in [-0.1, -0.05) is 15.9 Å². The second-order valence-electron chi connectivity index (χ2n) is 5.08. The molecule has 1 aromatic rings. The minimum Gasteiger partial charge on any atom is -0.338 e. The second-order valence-corrected chi connectivity index (χ2v) is 8.63. The van der Waals surface area contributed by atoms with Gasteiger partial charge in [0.25, 0.3) is 5.91 Å². The summed E-state index contributed by atoms with van der Waals surface area (Å²) in [5, 5.41) is 0. The average molecular weight is 440 g/mol. The fourth-order valence-electron chi connectivity index (χ4n) is 2.33. The van der Waals surface area contributed by atoms with E-state index >= 15 is 0 Å². The lowest BCUT2D eigenvalue weighted by Gasteiger charge is -2.32. The fourth-order valence-corrected chi connectivity index (χ4v) is 3.95. The number of likely N-dealkylation sites (tertiary alicyclic amines) is 1. The Bertz CT molecular complexity index is 641. The Kier molecular flexibility index (Phi) is 5.45. The molecule has 0 aromatic heterocycles. The van der Waals surface area contributed by atoms with E-state index in [1.165, 1.54) is 0 Å². The third kappa shape index (κ3) is 4.77. The van der Waals surface area contributed by atoms with Gasteiger partial charge in [-0.3, -0.25) is 4.79 Å². The first-order valence-electron chi connectivity index (χ1n) is 6.48. The number of benzene rings is 1. The summed E-state index contributed by atoms with van der Waals surface area (Å²) in [5.41, 5.74) is 0.610. The number of hydrogen-bond donors (Lipinski definition) is 1. The van der Waals surface area contributed by atoms with Gasteiger partial charge in [0.1, 0.15) is 0 Å². The van der Waals surface area contributed by atoms with E-state index in [2.05, 4.69) is 36.6 Å². The lowest BCUT2D eigenvalue weighted by atomic mass is 10.0. The number of halogens is 2. The quantitative estimate of drug-likeness (QED) is 0.786. The number of carbonyl (C=O) groups excluding carboxylic acids is 1. The molecule has 0 atom stereocenters. The Morgan fingerprint density at radius 1 is 1.29 bits per heavy atom. The molecule has 0 radical (unpaired) electrons. The van der Waals surface area contributed by atoms with Crippen LogP contribution in [0.25, 0.3) is 0 Å². The second kappa shape index (κ2) is 6.76. The maximum Gasteiger partial charge on any atom is 0.255 e. The van der Waals surface area contributed by atoms with Crippen LogP contribution >= 0.6 is 31.9 Å². The van der Waals surface area contributed by atoms with Gasteiger partial charge in [0.2, 0.25) is 10.0 Å². The lowest BCUT2D eigenvalue weighted by molar-refractivity contribution is 0.0710. The monoisotopic (exact) mass is 438 g/mol. The molecular formula is C13H16Br2N2O3S. The summed E-state index contributed by atoms with van der Waals surface area (Å²) < 4.78 is 26.6. The van der Waals surface area contributed by atoms with E-state index in [1.54, 1.807) is 11.0 Å². The van der Waals surface area contributed by atoms with E-state index in [1.807, 2.05) is 12.1 Å². The van der Waals surface area contributed by atoms with Crippen LogP contribution in [0.1, 0.15) is 23.2 Å². The molecule has 8 heteroatoms. The smallest absolute Gasteiger partial charge is 0.255 e. The molecule has 2 rings (SSSR count). The molecule has 1 N–H and O–H groups in total. The first-order valence-corrected chi connectivity index (χ1v) is 9.95. The Labute approximate surface area is 141 Å². The van der Waals surface area contributed by atoms with Crippen molar-refractivity contribution >= 4 is 47.8 Å². The van der Waals surface area contributed by atoms with E-state index in [-0.39, 0.29) is 11.9 Å². The number of hydrogen-bond acceptors (Lipinski definition) is 3. The van der Waals surface area contributed by atoms with Gasteiger partial charge in [0.05, 0.1) is 11.8 Å². The van der Waals surface area contributed by atoms with Crippen molar-refractivity contribution in [3.8, 4) is 0 Å². The van der Waals surface area contributed by atoms with Crippen LogP contribution in [-0.2, 0) is 10.0 Å². The van der Waals surface area contributed by atoms with Crippen LogP contribution in [0.5, 0.6) is 0 Å². The standard InChI is InChI=1S/C13H16Br2N2O3S/c1-21(19,20)16-10-4-6-17(7-5-10)13(18)11-8-9(14)2-3-12(11)15/h2-3,8,10,16H,4-7H2,1H3. The molecule has 1 heterocycles. The molecule has 1 fully saturated rings. The van der Waals surface area contributed by atoms with E-state index in [0.717, 1.165) is 15.2 Å². The van der Waals surface area contributed by atoms with Crippen LogP contribution in [0.3, 0.4) is 0 Å². The molecule has 0 bridgehead atoms. The largest absolute Gasteiger partial charge is 0.338 e. The summed E-state index contributed by atoms with van der Waals surface area (Å²) in [4.78, 5) is 14.3. The average Bonchev–Trinajstić information content (AvgIpc) is 2.40. The van der Waals surface area contributed by atoms with E-state index < -0.39 is 10.0 Å². The number of amides is 1. The predicted octanol–water partition coefficient (Wildman–Crippen LogP) is 2.37. The van der Waals surface area contributed by atoms with E-state index in [4.69, 9.17) is 0 Å². The summed E-state index contributed by atoms with van der Waals surface area (Å²) in [5.74, 6) is -0.0408. The molecule has 1 amide bonds. The molecule has 0 unspecified atom stereocenters. The van der Waals surface area contributed by atoms with Crippen LogP contribution in [-0.4, -0.2) is 44.6 Å². The summed E-state index contributed by atoms with van der Waals surface area (Å²) in [6.07, 6.45) is 2.41. The van der Waals surface area contributed by atoms with Crippen molar-refractivity contribution in [3.63, 3.8) is 0 Å². The molecule has 1 aliphatic rings. The van der Waals surface area contributed by atoms with E-state index in [0.29, 0.717) is 31.5 Å². The zero-order valence-electron chi connectivity index (χ0n) is 11.5. The molecule has 116 valence electrons. The van der Waals surface area contributed by atoms with Crippen molar-refractivity contribution in [2.45, 2.75) is 18.9 Å². The molecular weight excluding hydrogens is 424 g/mol. The van der Waals surface area contributed by atoms with Crippen LogP contribution in [0.15, 0.2) is 27.1 Å².